The molecule has 1 aliphatic rings. The first-order chi connectivity index (χ1) is 8.40. The van der Waals surface area contributed by atoms with Gasteiger partial charge >= 0.3 is 0 Å². The second kappa shape index (κ2) is 6.55. The van der Waals surface area contributed by atoms with Crippen molar-refractivity contribution >= 4 is 5.91 Å². The molecule has 0 aliphatic heterocycles. The van der Waals surface area contributed by atoms with Gasteiger partial charge in [0.15, 0.2) is 0 Å². The lowest BCUT2D eigenvalue weighted by atomic mass is 9.86. The summed E-state index contributed by atoms with van der Waals surface area (Å²) in [6.45, 7) is 7.41. The van der Waals surface area contributed by atoms with Gasteiger partial charge in [-0.15, -0.1) is 0 Å². The number of hydrogen-bond acceptors (Lipinski definition) is 2. The summed E-state index contributed by atoms with van der Waals surface area (Å²) < 4.78 is 0. The predicted octanol–water partition coefficient (Wildman–Crippen LogP) is 2.98. The highest BCUT2D eigenvalue weighted by molar-refractivity contribution is 5.86. The van der Waals surface area contributed by atoms with Gasteiger partial charge in [-0.25, -0.2) is 0 Å². The van der Waals surface area contributed by atoms with Crippen LogP contribution >= 0.6 is 0 Å². The van der Waals surface area contributed by atoms with Gasteiger partial charge in [-0.2, -0.15) is 0 Å². The zero-order chi connectivity index (χ0) is 13.6. The summed E-state index contributed by atoms with van der Waals surface area (Å²) >= 11 is 0. The number of hydrogen-bond donors (Lipinski definition) is 2. The van der Waals surface area contributed by atoms with E-state index >= 15 is 0 Å². The second-order valence-corrected chi connectivity index (χ2v) is 6.67. The third-order valence-corrected chi connectivity index (χ3v) is 4.13. The Balaban J connectivity index is 2.32. The van der Waals surface area contributed by atoms with Crippen molar-refractivity contribution in [3.05, 3.63) is 0 Å². The number of nitrogens with one attached hydrogen (secondary N) is 1. The first-order valence-corrected chi connectivity index (χ1v) is 7.47. The van der Waals surface area contributed by atoms with Crippen molar-refractivity contribution in [2.45, 2.75) is 77.7 Å². The minimum absolute atomic E-state index is 0.0589. The highest BCUT2D eigenvalue weighted by Crippen LogP contribution is 2.28. The molecular weight excluding hydrogens is 224 g/mol. The lowest BCUT2D eigenvalue weighted by molar-refractivity contribution is -0.126. The van der Waals surface area contributed by atoms with E-state index in [0.29, 0.717) is 0 Å². The summed E-state index contributed by atoms with van der Waals surface area (Å²) in [7, 11) is 0. The Hall–Kier alpha value is -0.570. The molecule has 0 bridgehead atoms. The summed E-state index contributed by atoms with van der Waals surface area (Å²) in [6.07, 6.45) is 8.79. The standard InChI is InChI=1S/C15H30N2O/c1-4-5-6-9-14(2,3)12-17-13(18)15(16)10-7-8-11-15/h4-12,16H2,1-3H3,(H,17,18). The molecule has 0 aromatic rings. The molecule has 0 spiro atoms. The summed E-state index contributed by atoms with van der Waals surface area (Å²) in [4.78, 5) is 12.1. The van der Waals surface area contributed by atoms with E-state index in [0.717, 1.165) is 32.2 Å². The lowest BCUT2D eigenvalue weighted by Crippen LogP contribution is -2.53. The molecule has 1 aliphatic carbocycles. The normalized spacial score (nSPS) is 18.9. The van der Waals surface area contributed by atoms with Gasteiger partial charge in [0.05, 0.1) is 5.54 Å². The minimum Gasteiger partial charge on any atom is -0.354 e. The Morgan fingerprint density at radius 1 is 1.28 bits per heavy atom. The van der Waals surface area contributed by atoms with E-state index in [1.807, 2.05) is 0 Å². The molecule has 0 heterocycles. The van der Waals surface area contributed by atoms with Crippen molar-refractivity contribution in [3.8, 4) is 0 Å². The summed E-state index contributed by atoms with van der Waals surface area (Å²) in [5.74, 6) is 0.0589. The molecule has 3 heteroatoms. The van der Waals surface area contributed by atoms with E-state index < -0.39 is 5.54 Å². The van der Waals surface area contributed by atoms with Crippen molar-refractivity contribution in [2.75, 3.05) is 6.54 Å². The maximum absolute atomic E-state index is 12.1. The molecule has 0 atom stereocenters. The number of carbonyl (C=O) groups is 1. The van der Waals surface area contributed by atoms with E-state index in [9.17, 15) is 4.79 Å². The second-order valence-electron chi connectivity index (χ2n) is 6.67. The number of nitrogens with two attached hydrogens (primary N) is 1. The van der Waals surface area contributed by atoms with Gasteiger partial charge in [0.1, 0.15) is 0 Å². The van der Waals surface area contributed by atoms with E-state index in [1.54, 1.807) is 0 Å². The zero-order valence-corrected chi connectivity index (χ0v) is 12.3. The Labute approximate surface area is 112 Å². The molecular formula is C15H30N2O. The van der Waals surface area contributed by atoms with Crippen LogP contribution in [0.5, 0.6) is 0 Å². The average Bonchev–Trinajstić information content (AvgIpc) is 2.75. The van der Waals surface area contributed by atoms with Crippen LogP contribution in [0.4, 0.5) is 0 Å². The zero-order valence-electron chi connectivity index (χ0n) is 12.3. The van der Waals surface area contributed by atoms with Crippen molar-refractivity contribution < 1.29 is 4.79 Å². The minimum atomic E-state index is -0.584. The summed E-state index contributed by atoms with van der Waals surface area (Å²) in [6, 6.07) is 0. The number of rotatable bonds is 7. The molecule has 1 amide bonds. The van der Waals surface area contributed by atoms with E-state index in [4.69, 9.17) is 5.73 Å². The van der Waals surface area contributed by atoms with Crippen LogP contribution in [0.2, 0.25) is 0 Å². The maximum Gasteiger partial charge on any atom is 0.240 e. The fraction of sp³-hybridized carbons (Fsp3) is 0.933. The first kappa shape index (κ1) is 15.5. The van der Waals surface area contributed by atoms with E-state index in [-0.39, 0.29) is 11.3 Å². The highest BCUT2D eigenvalue weighted by Gasteiger charge is 2.37. The third kappa shape index (κ3) is 4.60. The van der Waals surface area contributed by atoms with E-state index in [2.05, 4.69) is 26.1 Å². The third-order valence-electron chi connectivity index (χ3n) is 4.13. The van der Waals surface area contributed by atoms with Crippen molar-refractivity contribution in [1.29, 1.82) is 0 Å². The van der Waals surface area contributed by atoms with Crippen LogP contribution in [0.25, 0.3) is 0 Å². The molecule has 1 saturated carbocycles. The predicted molar refractivity (Wildman–Crippen MR) is 76.3 cm³/mol. The van der Waals surface area contributed by atoms with Crippen LogP contribution < -0.4 is 11.1 Å². The molecule has 0 saturated heterocycles. The van der Waals surface area contributed by atoms with Gasteiger partial charge < -0.3 is 11.1 Å². The van der Waals surface area contributed by atoms with Gasteiger partial charge in [-0.05, 0) is 24.7 Å². The fourth-order valence-corrected chi connectivity index (χ4v) is 2.67. The maximum atomic E-state index is 12.1. The van der Waals surface area contributed by atoms with Gasteiger partial charge in [-0.1, -0.05) is 52.9 Å². The molecule has 0 radical (unpaired) electrons. The van der Waals surface area contributed by atoms with Crippen LogP contribution in [0.3, 0.4) is 0 Å². The first-order valence-electron chi connectivity index (χ1n) is 7.47. The highest BCUT2D eigenvalue weighted by atomic mass is 16.2. The smallest absolute Gasteiger partial charge is 0.240 e. The quantitative estimate of drug-likeness (QED) is 0.686. The Morgan fingerprint density at radius 3 is 2.44 bits per heavy atom. The number of amides is 1. The molecule has 3 nitrogen and oxygen atoms in total. The lowest BCUT2D eigenvalue weighted by Gasteiger charge is -2.28. The van der Waals surface area contributed by atoms with Crippen molar-refractivity contribution in [1.82, 2.24) is 5.32 Å². The Morgan fingerprint density at radius 2 is 1.89 bits per heavy atom. The van der Waals surface area contributed by atoms with Gasteiger partial charge in [0.25, 0.3) is 0 Å². The molecule has 106 valence electrons. The molecule has 1 rings (SSSR count). The number of carbonyl (C=O) groups excluding carboxylic acids is 1. The van der Waals surface area contributed by atoms with Crippen molar-refractivity contribution in [2.24, 2.45) is 11.1 Å². The van der Waals surface area contributed by atoms with E-state index in [1.165, 1.54) is 25.7 Å². The average molecular weight is 254 g/mol. The summed E-state index contributed by atoms with van der Waals surface area (Å²) in [5.41, 5.74) is 5.74. The van der Waals surface area contributed by atoms with Crippen LogP contribution in [0.1, 0.15) is 72.1 Å². The van der Waals surface area contributed by atoms with Gasteiger partial charge in [0.2, 0.25) is 5.91 Å². The monoisotopic (exact) mass is 254 g/mol. The SMILES string of the molecule is CCCCCC(C)(C)CNC(=O)C1(N)CCCC1. The largest absolute Gasteiger partial charge is 0.354 e. The molecule has 0 unspecified atom stereocenters. The van der Waals surface area contributed by atoms with Gasteiger partial charge in [0, 0.05) is 6.54 Å². The van der Waals surface area contributed by atoms with Crippen LogP contribution in [-0.4, -0.2) is 18.0 Å². The van der Waals surface area contributed by atoms with Crippen LogP contribution in [-0.2, 0) is 4.79 Å². The Kier molecular flexibility index (Phi) is 5.64. The Bertz CT molecular complexity index is 268. The molecule has 3 N–H and O–H groups in total. The fourth-order valence-electron chi connectivity index (χ4n) is 2.67. The topological polar surface area (TPSA) is 55.1 Å². The summed E-state index contributed by atoms with van der Waals surface area (Å²) in [5, 5.41) is 3.07. The van der Waals surface area contributed by atoms with Crippen LogP contribution in [0.15, 0.2) is 0 Å². The molecule has 0 aromatic heterocycles. The van der Waals surface area contributed by atoms with Crippen molar-refractivity contribution in [3.63, 3.8) is 0 Å². The molecule has 0 aromatic carbocycles. The molecule has 1 fully saturated rings. The molecule has 18 heavy (non-hydrogen) atoms. The van der Waals surface area contributed by atoms with Crippen LogP contribution in [0, 0.1) is 5.41 Å². The number of unbranched alkanes of at least 4 members (excludes halogenated alkanes) is 2. The van der Waals surface area contributed by atoms with Gasteiger partial charge in [-0.3, -0.25) is 4.79 Å².